The van der Waals surface area contributed by atoms with Crippen molar-refractivity contribution in [1.82, 2.24) is 5.32 Å². The molecular weight excluding hydrogens is 258 g/mol. The van der Waals surface area contributed by atoms with E-state index in [-0.39, 0.29) is 0 Å². The van der Waals surface area contributed by atoms with E-state index in [1.54, 1.807) is 0 Å². The Bertz CT molecular complexity index is 455. The zero-order valence-corrected chi connectivity index (χ0v) is 11.8. The average Bonchev–Trinajstić information content (AvgIpc) is 2.43. The van der Waals surface area contributed by atoms with Crippen molar-refractivity contribution in [2.45, 2.75) is 45.2 Å². The molecule has 5 nitrogen and oxygen atoms in total. The SMILES string of the molecule is CCc1ccc(CCC(N[C@H](C)C(=O)O)C(=O)O)cc1. The highest BCUT2D eigenvalue weighted by atomic mass is 16.4. The van der Waals surface area contributed by atoms with Crippen molar-refractivity contribution in [1.29, 1.82) is 0 Å². The number of aryl methyl sites for hydroxylation is 2. The van der Waals surface area contributed by atoms with Gasteiger partial charge in [-0.05, 0) is 37.3 Å². The maximum absolute atomic E-state index is 11.1. The molecule has 1 unspecified atom stereocenters. The van der Waals surface area contributed by atoms with Crippen LogP contribution in [0.1, 0.15) is 31.4 Å². The standard InChI is InChI=1S/C15H21NO4/c1-3-11-4-6-12(7-5-11)8-9-13(15(19)20)16-10(2)14(17)18/h4-7,10,13,16H,3,8-9H2,1-2H3,(H,17,18)(H,19,20)/t10-,13?/m1/s1. The van der Waals surface area contributed by atoms with Gasteiger partial charge in [0, 0.05) is 0 Å². The molecule has 0 bridgehead atoms. The van der Waals surface area contributed by atoms with Crippen molar-refractivity contribution < 1.29 is 19.8 Å². The van der Waals surface area contributed by atoms with Crippen LogP contribution in [0.3, 0.4) is 0 Å². The van der Waals surface area contributed by atoms with E-state index in [1.165, 1.54) is 12.5 Å². The molecule has 0 saturated carbocycles. The van der Waals surface area contributed by atoms with Crippen LogP contribution in [0.15, 0.2) is 24.3 Å². The monoisotopic (exact) mass is 279 g/mol. The van der Waals surface area contributed by atoms with Gasteiger partial charge >= 0.3 is 11.9 Å². The van der Waals surface area contributed by atoms with Crippen molar-refractivity contribution in [2.75, 3.05) is 0 Å². The van der Waals surface area contributed by atoms with Crippen LogP contribution in [-0.2, 0) is 22.4 Å². The van der Waals surface area contributed by atoms with Gasteiger partial charge in [-0.1, -0.05) is 31.2 Å². The second-order valence-corrected chi connectivity index (χ2v) is 4.83. The summed E-state index contributed by atoms with van der Waals surface area (Å²) in [5.41, 5.74) is 2.29. The number of carboxylic acids is 2. The lowest BCUT2D eigenvalue weighted by Gasteiger charge is -2.17. The first kappa shape index (κ1) is 16.2. The molecule has 0 amide bonds. The summed E-state index contributed by atoms with van der Waals surface area (Å²) >= 11 is 0. The smallest absolute Gasteiger partial charge is 0.320 e. The fourth-order valence-electron chi connectivity index (χ4n) is 1.90. The van der Waals surface area contributed by atoms with Crippen molar-refractivity contribution in [3.63, 3.8) is 0 Å². The van der Waals surface area contributed by atoms with E-state index >= 15 is 0 Å². The summed E-state index contributed by atoms with van der Waals surface area (Å²) in [5, 5.41) is 20.5. The minimum absolute atomic E-state index is 0.360. The number of hydrogen-bond donors (Lipinski definition) is 3. The molecule has 2 atom stereocenters. The Morgan fingerprint density at radius 1 is 1.10 bits per heavy atom. The topological polar surface area (TPSA) is 86.6 Å². The van der Waals surface area contributed by atoms with E-state index in [4.69, 9.17) is 10.2 Å². The van der Waals surface area contributed by atoms with Gasteiger partial charge in [0.2, 0.25) is 0 Å². The Morgan fingerprint density at radius 2 is 1.65 bits per heavy atom. The van der Waals surface area contributed by atoms with E-state index in [0.29, 0.717) is 12.8 Å². The fourth-order valence-corrected chi connectivity index (χ4v) is 1.90. The molecule has 0 fully saturated rings. The summed E-state index contributed by atoms with van der Waals surface area (Å²) in [5.74, 6) is -2.08. The third-order valence-corrected chi connectivity index (χ3v) is 3.27. The Hall–Kier alpha value is -1.88. The molecule has 0 aliphatic heterocycles. The molecule has 0 saturated heterocycles. The summed E-state index contributed by atoms with van der Waals surface area (Å²) in [7, 11) is 0. The zero-order valence-electron chi connectivity index (χ0n) is 11.8. The molecule has 0 aliphatic rings. The van der Waals surface area contributed by atoms with Gasteiger partial charge in [-0.15, -0.1) is 0 Å². The number of carbonyl (C=O) groups is 2. The number of hydrogen-bond acceptors (Lipinski definition) is 3. The first-order chi connectivity index (χ1) is 9.43. The van der Waals surface area contributed by atoms with Gasteiger partial charge in [0.1, 0.15) is 12.1 Å². The van der Waals surface area contributed by atoms with Gasteiger partial charge in [0.15, 0.2) is 0 Å². The summed E-state index contributed by atoms with van der Waals surface area (Å²) in [6, 6.07) is 6.29. The first-order valence-electron chi connectivity index (χ1n) is 6.73. The van der Waals surface area contributed by atoms with Crippen LogP contribution in [0.4, 0.5) is 0 Å². The fraction of sp³-hybridized carbons (Fsp3) is 0.467. The molecule has 3 N–H and O–H groups in total. The number of carboxylic acid groups (broad SMARTS) is 2. The maximum Gasteiger partial charge on any atom is 0.320 e. The first-order valence-corrected chi connectivity index (χ1v) is 6.73. The van der Waals surface area contributed by atoms with E-state index in [9.17, 15) is 9.59 Å². The van der Waals surface area contributed by atoms with Crippen molar-refractivity contribution in [2.24, 2.45) is 0 Å². The highest BCUT2D eigenvalue weighted by Crippen LogP contribution is 2.09. The van der Waals surface area contributed by atoms with E-state index in [0.717, 1.165) is 12.0 Å². The van der Waals surface area contributed by atoms with Crippen molar-refractivity contribution >= 4 is 11.9 Å². The molecular formula is C15H21NO4. The van der Waals surface area contributed by atoms with Gasteiger partial charge in [0.25, 0.3) is 0 Å². The Labute approximate surface area is 118 Å². The quantitative estimate of drug-likeness (QED) is 0.674. The maximum atomic E-state index is 11.1. The average molecular weight is 279 g/mol. The second kappa shape index (κ2) is 7.65. The lowest BCUT2D eigenvalue weighted by atomic mass is 10.0. The molecule has 0 heterocycles. The number of aliphatic carboxylic acids is 2. The Balaban J connectivity index is 2.57. The highest BCUT2D eigenvalue weighted by molar-refractivity contribution is 5.77. The second-order valence-electron chi connectivity index (χ2n) is 4.83. The molecule has 1 aromatic rings. The molecule has 1 aromatic carbocycles. The summed E-state index contributed by atoms with van der Waals surface area (Å²) in [6.07, 6.45) is 1.93. The van der Waals surface area contributed by atoms with Crippen LogP contribution in [-0.4, -0.2) is 34.2 Å². The van der Waals surface area contributed by atoms with Crippen LogP contribution >= 0.6 is 0 Å². The lowest BCUT2D eigenvalue weighted by Crippen LogP contribution is -2.45. The van der Waals surface area contributed by atoms with Gasteiger partial charge in [-0.3, -0.25) is 14.9 Å². The van der Waals surface area contributed by atoms with Crippen LogP contribution in [0, 0.1) is 0 Å². The van der Waals surface area contributed by atoms with E-state index in [1.807, 2.05) is 24.3 Å². The van der Waals surface area contributed by atoms with Gasteiger partial charge in [0.05, 0.1) is 0 Å². The van der Waals surface area contributed by atoms with E-state index < -0.39 is 24.0 Å². The number of rotatable bonds is 8. The third-order valence-electron chi connectivity index (χ3n) is 3.27. The largest absolute Gasteiger partial charge is 0.480 e. The molecule has 0 aromatic heterocycles. The predicted octanol–water partition coefficient (Wildman–Crippen LogP) is 1.70. The number of benzene rings is 1. The van der Waals surface area contributed by atoms with Crippen molar-refractivity contribution in [3.05, 3.63) is 35.4 Å². The lowest BCUT2D eigenvalue weighted by molar-refractivity contribution is -0.142. The predicted molar refractivity (Wildman–Crippen MR) is 75.8 cm³/mol. The molecule has 110 valence electrons. The summed E-state index contributed by atoms with van der Waals surface area (Å²) < 4.78 is 0. The number of nitrogens with one attached hydrogen (secondary N) is 1. The molecule has 0 spiro atoms. The summed E-state index contributed by atoms with van der Waals surface area (Å²) in [4.78, 5) is 21.9. The minimum Gasteiger partial charge on any atom is -0.480 e. The molecule has 5 heteroatoms. The van der Waals surface area contributed by atoms with Crippen molar-refractivity contribution in [3.8, 4) is 0 Å². The van der Waals surface area contributed by atoms with Gasteiger partial charge in [-0.2, -0.15) is 0 Å². The zero-order chi connectivity index (χ0) is 15.1. The Morgan fingerprint density at radius 3 is 2.10 bits per heavy atom. The van der Waals surface area contributed by atoms with Crippen LogP contribution in [0.25, 0.3) is 0 Å². The highest BCUT2D eigenvalue weighted by Gasteiger charge is 2.22. The minimum atomic E-state index is -1.05. The van der Waals surface area contributed by atoms with E-state index in [2.05, 4.69) is 12.2 Å². The Kier molecular flexibility index (Phi) is 6.18. The summed E-state index contributed by atoms with van der Waals surface area (Å²) in [6.45, 7) is 3.51. The normalized spacial score (nSPS) is 13.7. The van der Waals surface area contributed by atoms with Crippen LogP contribution in [0.2, 0.25) is 0 Å². The molecule has 20 heavy (non-hydrogen) atoms. The molecule has 0 radical (unpaired) electrons. The molecule has 1 rings (SSSR count). The van der Waals surface area contributed by atoms with Crippen LogP contribution in [0.5, 0.6) is 0 Å². The van der Waals surface area contributed by atoms with Gasteiger partial charge < -0.3 is 10.2 Å². The third kappa shape index (κ3) is 5.01. The van der Waals surface area contributed by atoms with Gasteiger partial charge in [-0.25, -0.2) is 0 Å². The molecule has 0 aliphatic carbocycles. The van der Waals surface area contributed by atoms with Crippen LogP contribution < -0.4 is 5.32 Å².